The van der Waals surface area contributed by atoms with Crippen molar-refractivity contribution in [2.24, 2.45) is 5.92 Å². The monoisotopic (exact) mass is 281 g/mol. The van der Waals surface area contributed by atoms with Crippen LogP contribution in [0.1, 0.15) is 17.9 Å². The van der Waals surface area contributed by atoms with Gasteiger partial charge in [0.25, 0.3) is 0 Å². The zero-order valence-electron chi connectivity index (χ0n) is 10.7. The van der Waals surface area contributed by atoms with Gasteiger partial charge >= 0.3 is 5.97 Å². The molecule has 19 heavy (non-hydrogen) atoms. The molecule has 2 heterocycles. The molecule has 3 rings (SSSR count). The summed E-state index contributed by atoms with van der Waals surface area (Å²) in [6.07, 6.45) is 0.964. The van der Waals surface area contributed by atoms with Crippen molar-refractivity contribution >= 4 is 23.4 Å². The summed E-state index contributed by atoms with van der Waals surface area (Å²) in [6, 6.07) is 4.66. The van der Waals surface area contributed by atoms with Gasteiger partial charge in [0, 0.05) is 24.7 Å². The molecule has 5 heteroatoms. The lowest BCUT2D eigenvalue weighted by Gasteiger charge is -2.46. The lowest BCUT2D eigenvalue weighted by atomic mass is 9.76. The highest BCUT2D eigenvalue weighted by Gasteiger charge is 2.44. The van der Waals surface area contributed by atoms with Crippen LogP contribution in [0.15, 0.2) is 18.2 Å². The third-order valence-electron chi connectivity index (χ3n) is 4.26. The molecule has 0 radical (unpaired) electrons. The number of rotatable bonds is 1. The molecule has 0 aromatic heterocycles. The van der Waals surface area contributed by atoms with Gasteiger partial charge in [0.1, 0.15) is 5.82 Å². The Hall–Kier alpha value is -1.23. The predicted molar refractivity (Wildman–Crippen MR) is 74.4 cm³/mol. The first kappa shape index (κ1) is 12.8. The van der Waals surface area contributed by atoms with Gasteiger partial charge in [-0.1, -0.05) is 6.07 Å². The molecule has 2 aliphatic rings. The Labute approximate surface area is 115 Å². The number of fused-ring (bicyclic) bond motifs is 2. The van der Waals surface area contributed by atoms with E-state index in [4.69, 9.17) is 0 Å². The Morgan fingerprint density at radius 3 is 3.05 bits per heavy atom. The van der Waals surface area contributed by atoms with Crippen LogP contribution < -0.4 is 4.90 Å². The van der Waals surface area contributed by atoms with Crippen LogP contribution in [0.4, 0.5) is 10.1 Å². The maximum atomic E-state index is 13.4. The van der Waals surface area contributed by atoms with Gasteiger partial charge in [-0.2, -0.15) is 11.8 Å². The number of aliphatic carboxylic acids is 1. The van der Waals surface area contributed by atoms with Gasteiger partial charge in [-0.25, -0.2) is 4.39 Å². The zero-order valence-corrected chi connectivity index (χ0v) is 11.5. The smallest absolute Gasteiger partial charge is 0.311 e. The largest absolute Gasteiger partial charge is 0.481 e. The van der Waals surface area contributed by atoms with Gasteiger partial charge in [-0.3, -0.25) is 4.79 Å². The fraction of sp³-hybridized carbons (Fsp3) is 0.500. The second-order valence-electron chi connectivity index (χ2n) is 5.22. The van der Waals surface area contributed by atoms with Gasteiger partial charge < -0.3 is 10.0 Å². The fourth-order valence-electron chi connectivity index (χ4n) is 3.36. The summed E-state index contributed by atoms with van der Waals surface area (Å²) in [4.78, 5) is 13.7. The number of thioether (sulfide) groups is 1. The number of carboxylic acid groups (broad SMARTS) is 1. The van der Waals surface area contributed by atoms with E-state index in [0.29, 0.717) is 0 Å². The molecule has 2 aliphatic heterocycles. The number of carbonyl (C=O) groups is 1. The Kier molecular flexibility index (Phi) is 3.17. The molecule has 102 valence electrons. The summed E-state index contributed by atoms with van der Waals surface area (Å²) in [5.74, 6) is 0.409. The Balaban J connectivity index is 2.13. The number of benzene rings is 1. The molecule has 1 fully saturated rings. The molecular weight excluding hydrogens is 265 g/mol. The number of anilines is 1. The summed E-state index contributed by atoms with van der Waals surface area (Å²) >= 11 is 1.82. The van der Waals surface area contributed by atoms with E-state index in [-0.39, 0.29) is 17.8 Å². The molecule has 3 nitrogen and oxygen atoms in total. The fourth-order valence-corrected chi connectivity index (χ4v) is 4.62. The molecule has 0 amide bonds. The molecule has 1 N–H and O–H groups in total. The van der Waals surface area contributed by atoms with Crippen molar-refractivity contribution in [2.75, 3.05) is 23.5 Å². The summed E-state index contributed by atoms with van der Waals surface area (Å²) in [5, 5.41) is 9.56. The molecule has 1 aromatic carbocycles. The number of halogens is 1. The quantitative estimate of drug-likeness (QED) is 0.859. The van der Waals surface area contributed by atoms with Crippen LogP contribution in [0.2, 0.25) is 0 Å². The van der Waals surface area contributed by atoms with Gasteiger partial charge in [0.2, 0.25) is 0 Å². The van der Waals surface area contributed by atoms with Crippen LogP contribution in [-0.4, -0.2) is 35.7 Å². The summed E-state index contributed by atoms with van der Waals surface area (Å²) in [5.41, 5.74) is 1.49. The van der Waals surface area contributed by atoms with Crippen LogP contribution in [0, 0.1) is 11.7 Å². The van der Waals surface area contributed by atoms with Crippen molar-refractivity contribution in [1.29, 1.82) is 0 Å². The number of nitrogens with zero attached hydrogens (tertiary/aromatic N) is 1. The zero-order chi connectivity index (χ0) is 13.6. The van der Waals surface area contributed by atoms with Crippen LogP contribution in [0.5, 0.6) is 0 Å². The van der Waals surface area contributed by atoms with E-state index in [1.165, 1.54) is 12.1 Å². The van der Waals surface area contributed by atoms with E-state index < -0.39 is 11.9 Å². The third-order valence-corrected chi connectivity index (χ3v) is 5.41. The maximum absolute atomic E-state index is 13.4. The third kappa shape index (κ3) is 2.00. The van der Waals surface area contributed by atoms with Gasteiger partial charge in [-0.15, -0.1) is 0 Å². The van der Waals surface area contributed by atoms with Crippen molar-refractivity contribution in [1.82, 2.24) is 0 Å². The first-order chi connectivity index (χ1) is 9.09. The van der Waals surface area contributed by atoms with E-state index >= 15 is 0 Å². The van der Waals surface area contributed by atoms with Crippen molar-refractivity contribution in [3.63, 3.8) is 0 Å². The first-order valence-electron chi connectivity index (χ1n) is 6.42. The molecule has 0 bridgehead atoms. The van der Waals surface area contributed by atoms with E-state index in [1.807, 2.05) is 18.8 Å². The topological polar surface area (TPSA) is 40.5 Å². The van der Waals surface area contributed by atoms with E-state index in [0.717, 1.165) is 29.2 Å². The van der Waals surface area contributed by atoms with Crippen molar-refractivity contribution in [3.8, 4) is 0 Å². The normalized spacial score (nSPS) is 29.6. The van der Waals surface area contributed by atoms with Crippen LogP contribution in [-0.2, 0) is 4.79 Å². The standard InChI is InChI=1S/C14H16FNO2S/c1-16-11-4-5-19-7-10(11)13(14(17)18)9-3-2-8(15)6-12(9)16/h2-3,6,10-11,13H,4-5,7H2,1H3,(H,17,18). The Morgan fingerprint density at radius 1 is 1.53 bits per heavy atom. The maximum Gasteiger partial charge on any atom is 0.311 e. The van der Waals surface area contributed by atoms with Crippen LogP contribution in [0.3, 0.4) is 0 Å². The van der Waals surface area contributed by atoms with E-state index in [1.54, 1.807) is 6.07 Å². The molecule has 1 saturated heterocycles. The van der Waals surface area contributed by atoms with E-state index in [9.17, 15) is 14.3 Å². The lowest BCUT2D eigenvalue weighted by molar-refractivity contribution is -0.140. The molecule has 1 aromatic rings. The predicted octanol–water partition coefficient (Wildman–Crippen LogP) is 2.57. The van der Waals surface area contributed by atoms with Gasteiger partial charge in [0.15, 0.2) is 0 Å². The average molecular weight is 281 g/mol. The van der Waals surface area contributed by atoms with Gasteiger partial charge in [-0.05, 0) is 35.6 Å². The number of hydrogen-bond acceptors (Lipinski definition) is 3. The molecule has 0 saturated carbocycles. The Bertz CT molecular complexity index is 522. The first-order valence-corrected chi connectivity index (χ1v) is 7.58. The van der Waals surface area contributed by atoms with Crippen molar-refractivity contribution in [2.45, 2.75) is 18.4 Å². The SMILES string of the molecule is CN1c2cc(F)ccc2C(C(=O)O)C2CSCCC21. The molecular formula is C14H16FNO2S. The van der Waals surface area contributed by atoms with Crippen LogP contribution >= 0.6 is 11.8 Å². The second kappa shape index (κ2) is 4.71. The average Bonchev–Trinajstić information content (AvgIpc) is 2.39. The molecule has 3 unspecified atom stereocenters. The van der Waals surface area contributed by atoms with Crippen LogP contribution in [0.25, 0.3) is 0 Å². The van der Waals surface area contributed by atoms with Gasteiger partial charge in [0.05, 0.1) is 5.92 Å². The highest BCUT2D eigenvalue weighted by Crippen LogP contribution is 2.46. The minimum atomic E-state index is -0.793. The van der Waals surface area contributed by atoms with Crippen molar-refractivity contribution < 1.29 is 14.3 Å². The summed E-state index contributed by atoms with van der Waals surface area (Å²) < 4.78 is 13.4. The number of carboxylic acids is 1. The highest BCUT2D eigenvalue weighted by atomic mass is 32.2. The molecule has 0 aliphatic carbocycles. The molecule has 0 spiro atoms. The van der Waals surface area contributed by atoms with E-state index in [2.05, 4.69) is 4.90 Å². The summed E-state index contributed by atoms with van der Waals surface area (Å²) in [7, 11) is 1.95. The number of hydrogen-bond donors (Lipinski definition) is 1. The second-order valence-corrected chi connectivity index (χ2v) is 6.37. The molecule has 3 atom stereocenters. The minimum absolute atomic E-state index is 0.110. The highest BCUT2D eigenvalue weighted by molar-refractivity contribution is 7.99. The summed E-state index contributed by atoms with van der Waals surface area (Å²) in [6.45, 7) is 0. The van der Waals surface area contributed by atoms with Crippen molar-refractivity contribution in [3.05, 3.63) is 29.6 Å². The minimum Gasteiger partial charge on any atom is -0.481 e. The lowest BCUT2D eigenvalue weighted by Crippen LogP contribution is -2.50. The Morgan fingerprint density at radius 2 is 2.32 bits per heavy atom.